The first-order valence-corrected chi connectivity index (χ1v) is 13.1. The summed E-state index contributed by atoms with van der Waals surface area (Å²) in [6.07, 6.45) is 5.55. The van der Waals surface area contributed by atoms with E-state index in [0.29, 0.717) is 5.92 Å². The molecule has 1 aromatic rings. The van der Waals surface area contributed by atoms with Crippen molar-refractivity contribution in [3.63, 3.8) is 0 Å². The van der Waals surface area contributed by atoms with Gasteiger partial charge in [-0.05, 0) is 83.4 Å². The van der Waals surface area contributed by atoms with E-state index in [1.54, 1.807) is 32.6 Å². The second-order valence-corrected chi connectivity index (χ2v) is 11.5. The summed E-state index contributed by atoms with van der Waals surface area (Å²) in [4.78, 5) is 41.7. The number of nitrogens with zero attached hydrogens (tertiary/aromatic N) is 1. The number of amides is 3. The van der Waals surface area contributed by atoms with E-state index in [-0.39, 0.29) is 23.9 Å². The van der Waals surface area contributed by atoms with Crippen LogP contribution in [-0.4, -0.2) is 46.5 Å². The van der Waals surface area contributed by atoms with Crippen LogP contribution in [0, 0.1) is 19.8 Å². The van der Waals surface area contributed by atoms with Crippen LogP contribution in [0.2, 0.25) is 0 Å². The zero-order chi connectivity index (χ0) is 25.9. The molecule has 2 aliphatic rings. The van der Waals surface area contributed by atoms with Gasteiger partial charge >= 0.3 is 6.09 Å². The molecule has 0 aliphatic heterocycles. The summed E-state index contributed by atoms with van der Waals surface area (Å²) in [6, 6.07) is 4.49. The molecule has 194 valence electrons. The minimum Gasteiger partial charge on any atom is -0.444 e. The van der Waals surface area contributed by atoms with Crippen LogP contribution < -0.4 is 10.6 Å². The zero-order valence-electron chi connectivity index (χ0n) is 22.4. The Kier molecular flexibility index (Phi) is 8.50. The molecule has 2 saturated carbocycles. The number of hydrogen-bond acceptors (Lipinski definition) is 4. The topological polar surface area (TPSA) is 87.7 Å². The minimum atomic E-state index is -0.825. The molecule has 4 atom stereocenters. The largest absolute Gasteiger partial charge is 0.444 e. The van der Waals surface area contributed by atoms with Crippen LogP contribution in [0.5, 0.6) is 0 Å². The molecule has 35 heavy (non-hydrogen) atoms. The second-order valence-electron chi connectivity index (χ2n) is 11.5. The van der Waals surface area contributed by atoms with Gasteiger partial charge < -0.3 is 20.3 Å². The molecule has 7 heteroatoms. The summed E-state index contributed by atoms with van der Waals surface area (Å²) >= 11 is 0. The molecule has 2 N–H and O–H groups in total. The van der Waals surface area contributed by atoms with Gasteiger partial charge in [-0.15, -0.1) is 0 Å². The van der Waals surface area contributed by atoms with Gasteiger partial charge in [0.2, 0.25) is 11.8 Å². The highest BCUT2D eigenvalue weighted by Crippen LogP contribution is 2.41. The number of rotatable bonds is 7. The van der Waals surface area contributed by atoms with Gasteiger partial charge in [-0.25, -0.2) is 4.79 Å². The van der Waals surface area contributed by atoms with Crippen molar-refractivity contribution in [3.05, 3.63) is 34.9 Å². The Labute approximate surface area is 210 Å². The van der Waals surface area contributed by atoms with Crippen molar-refractivity contribution < 1.29 is 19.1 Å². The lowest BCUT2D eigenvalue weighted by Crippen LogP contribution is -2.54. The van der Waals surface area contributed by atoms with Crippen molar-refractivity contribution in [1.29, 1.82) is 0 Å². The minimum absolute atomic E-state index is 0.0471. The molecule has 3 amide bonds. The van der Waals surface area contributed by atoms with Gasteiger partial charge in [-0.2, -0.15) is 0 Å². The number of carbonyl (C=O) groups excluding carboxylic acids is 3. The predicted octanol–water partition coefficient (Wildman–Crippen LogP) is 4.94. The highest BCUT2D eigenvalue weighted by molar-refractivity contribution is 5.92. The van der Waals surface area contributed by atoms with E-state index < -0.39 is 23.8 Å². The van der Waals surface area contributed by atoms with E-state index in [4.69, 9.17) is 4.74 Å². The van der Waals surface area contributed by atoms with Crippen LogP contribution >= 0.6 is 0 Å². The van der Waals surface area contributed by atoms with Crippen molar-refractivity contribution in [1.82, 2.24) is 15.5 Å². The van der Waals surface area contributed by atoms with E-state index in [1.807, 2.05) is 32.0 Å². The van der Waals surface area contributed by atoms with Crippen molar-refractivity contribution in [3.8, 4) is 0 Å². The van der Waals surface area contributed by atoms with Crippen molar-refractivity contribution in [2.75, 3.05) is 0 Å². The first-order valence-electron chi connectivity index (χ1n) is 13.1. The van der Waals surface area contributed by atoms with Crippen molar-refractivity contribution in [2.24, 2.45) is 5.92 Å². The molecule has 0 spiro atoms. The number of benzene rings is 1. The Morgan fingerprint density at radius 2 is 1.69 bits per heavy atom. The van der Waals surface area contributed by atoms with Gasteiger partial charge in [0.05, 0.1) is 0 Å². The SMILES string of the molecule is Cc1ccc(C(C(=O)NC2CCCCC2)N(C(=O)C(C)NC(=O)OC(C)(C)C)C2CC2C)cc1C. The lowest BCUT2D eigenvalue weighted by atomic mass is 9.94. The first-order chi connectivity index (χ1) is 16.4. The van der Waals surface area contributed by atoms with E-state index >= 15 is 0 Å². The maximum Gasteiger partial charge on any atom is 0.408 e. The molecule has 4 unspecified atom stereocenters. The average Bonchev–Trinajstić information content (AvgIpc) is 3.48. The van der Waals surface area contributed by atoms with E-state index in [2.05, 4.69) is 17.6 Å². The van der Waals surface area contributed by atoms with Crippen LogP contribution in [-0.2, 0) is 14.3 Å². The Balaban J connectivity index is 1.91. The number of alkyl carbamates (subject to hydrolysis) is 1. The quantitative estimate of drug-likeness (QED) is 0.572. The molecule has 0 aromatic heterocycles. The molecule has 2 fully saturated rings. The van der Waals surface area contributed by atoms with Gasteiger partial charge in [-0.1, -0.05) is 44.4 Å². The summed E-state index contributed by atoms with van der Waals surface area (Å²) in [5, 5.41) is 5.93. The Morgan fingerprint density at radius 1 is 1.06 bits per heavy atom. The molecular weight excluding hydrogens is 442 g/mol. The summed E-state index contributed by atoms with van der Waals surface area (Å²) in [5.74, 6) is -0.117. The fraction of sp³-hybridized carbons (Fsp3) is 0.679. The average molecular weight is 486 g/mol. The van der Waals surface area contributed by atoms with E-state index in [1.165, 1.54) is 6.42 Å². The monoisotopic (exact) mass is 485 g/mol. The number of carbonyl (C=O) groups is 3. The molecular formula is C28H43N3O4. The number of nitrogens with one attached hydrogen (secondary N) is 2. The normalized spacial score (nSPS) is 22.0. The van der Waals surface area contributed by atoms with Crippen molar-refractivity contribution in [2.45, 2.75) is 117 Å². The fourth-order valence-electron chi connectivity index (χ4n) is 4.84. The summed E-state index contributed by atoms with van der Waals surface area (Å²) in [7, 11) is 0. The van der Waals surface area contributed by atoms with Crippen LogP contribution in [0.1, 0.15) is 95.9 Å². The fourth-order valence-corrected chi connectivity index (χ4v) is 4.84. The predicted molar refractivity (Wildman–Crippen MR) is 137 cm³/mol. The third kappa shape index (κ3) is 7.21. The van der Waals surface area contributed by atoms with Crippen LogP contribution in [0.3, 0.4) is 0 Å². The summed E-state index contributed by atoms with van der Waals surface area (Å²) in [6.45, 7) is 13.1. The zero-order valence-corrected chi connectivity index (χ0v) is 22.4. The van der Waals surface area contributed by atoms with Crippen LogP contribution in [0.25, 0.3) is 0 Å². The van der Waals surface area contributed by atoms with E-state index in [0.717, 1.165) is 48.8 Å². The van der Waals surface area contributed by atoms with Gasteiger partial charge in [0, 0.05) is 12.1 Å². The maximum atomic E-state index is 13.8. The third-order valence-electron chi connectivity index (χ3n) is 7.11. The Morgan fingerprint density at radius 3 is 2.23 bits per heavy atom. The maximum absolute atomic E-state index is 13.8. The molecule has 3 rings (SSSR count). The number of ether oxygens (including phenoxy) is 1. The Hall–Kier alpha value is -2.57. The lowest BCUT2D eigenvalue weighted by Gasteiger charge is -2.35. The highest BCUT2D eigenvalue weighted by atomic mass is 16.6. The lowest BCUT2D eigenvalue weighted by molar-refractivity contribution is -0.143. The van der Waals surface area contributed by atoms with Crippen LogP contribution in [0.4, 0.5) is 4.79 Å². The molecule has 0 radical (unpaired) electrons. The van der Waals surface area contributed by atoms with Gasteiger partial charge in [0.25, 0.3) is 0 Å². The molecule has 1 aromatic carbocycles. The standard InChI is InChI=1S/C28H43N3O4/c1-17-13-14-21(15-18(17)2)24(25(32)30-22-11-9-8-10-12-22)31(23-16-19(23)3)26(33)20(4)29-27(34)35-28(5,6)7/h13-15,19-20,22-24H,8-12,16H2,1-7H3,(H,29,34)(H,30,32). The van der Waals surface area contributed by atoms with Crippen molar-refractivity contribution >= 4 is 17.9 Å². The molecule has 0 bridgehead atoms. The smallest absolute Gasteiger partial charge is 0.408 e. The second kappa shape index (κ2) is 11.0. The molecule has 2 aliphatic carbocycles. The third-order valence-corrected chi connectivity index (χ3v) is 7.11. The summed E-state index contributed by atoms with van der Waals surface area (Å²) in [5.41, 5.74) is 2.35. The Bertz CT molecular complexity index is 933. The summed E-state index contributed by atoms with van der Waals surface area (Å²) < 4.78 is 5.36. The van der Waals surface area contributed by atoms with Gasteiger partial charge in [0.1, 0.15) is 17.7 Å². The van der Waals surface area contributed by atoms with E-state index in [9.17, 15) is 14.4 Å². The van der Waals surface area contributed by atoms with Gasteiger partial charge in [-0.3, -0.25) is 9.59 Å². The molecule has 0 heterocycles. The first kappa shape index (κ1) is 27.0. The molecule has 0 saturated heterocycles. The highest BCUT2D eigenvalue weighted by Gasteiger charge is 2.47. The van der Waals surface area contributed by atoms with Gasteiger partial charge in [0.15, 0.2) is 0 Å². The van der Waals surface area contributed by atoms with Crippen LogP contribution in [0.15, 0.2) is 18.2 Å². The number of aryl methyl sites for hydroxylation is 2. The number of hydrogen-bond donors (Lipinski definition) is 2. The molecule has 7 nitrogen and oxygen atoms in total.